The van der Waals surface area contributed by atoms with E-state index in [1.807, 2.05) is 0 Å². The largest absolute Gasteiger partial charge is 0.351 e. The van der Waals surface area contributed by atoms with Crippen LogP contribution >= 0.6 is 0 Å². The molecule has 0 aliphatic heterocycles. The number of anilines is 1. The van der Waals surface area contributed by atoms with Crippen molar-refractivity contribution in [3.05, 3.63) is 11.9 Å². The number of aromatic nitrogens is 2. The van der Waals surface area contributed by atoms with Crippen molar-refractivity contribution in [1.82, 2.24) is 9.55 Å². The van der Waals surface area contributed by atoms with Crippen molar-refractivity contribution in [2.45, 2.75) is 58.5 Å². The second-order valence-corrected chi connectivity index (χ2v) is 5.21. The summed E-state index contributed by atoms with van der Waals surface area (Å²) in [6, 6.07) is 0.696. The highest BCUT2D eigenvalue weighted by atomic mass is 15.2. The lowest BCUT2D eigenvalue weighted by Gasteiger charge is -2.25. The number of hydrogen-bond acceptors (Lipinski definition) is 2. The van der Waals surface area contributed by atoms with Crippen LogP contribution in [-0.2, 0) is 0 Å². The quantitative estimate of drug-likeness (QED) is 0.822. The van der Waals surface area contributed by atoms with Crippen LogP contribution in [0.1, 0.15) is 51.8 Å². The molecule has 0 bridgehead atoms. The maximum atomic E-state index is 4.56. The van der Waals surface area contributed by atoms with E-state index in [0.29, 0.717) is 6.04 Å². The molecule has 0 saturated heterocycles. The van der Waals surface area contributed by atoms with Crippen LogP contribution in [-0.4, -0.2) is 15.1 Å². The summed E-state index contributed by atoms with van der Waals surface area (Å²) in [6.07, 6.45) is 5.86. The molecule has 0 unspecified atom stereocenters. The van der Waals surface area contributed by atoms with Gasteiger partial charge in [0.25, 0.3) is 0 Å². The third kappa shape index (κ3) is 2.33. The standard InChI is InChI=1S/C12H21N3/c1-5-12(3,4)14-11-13-9(2)8-15(11)10-6-7-10/h8,10H,5-7H2,1-4H3,(H,13,14). The van der Waals surface area contributed by atoms with Crippen LogP contribution in [0.3, 0.4) is 0 Å². The molecule has 0 aromatic carbocycles. The van der Waals surface area contributed by atoms with Gasteiger partial charge in [-0.25, -0.2) is 4.98 Å². The molecular weight excluding hydrogens is 186 g/mol. The number of hydrogen-bond donors (Lipinski definition) is 1. The molecule has 0 radical (unpaired) electrons. The molecule has 15 heavy (non-hydrogen) atoms. The average Bonchev–Trinajstić information content (AvgIpc) is 2.92. The summed E-state index contributed by atoms with van der Waals surface area (Å²) in [6.45, 7) is 8.69. The molecule has 2 rings (SSSR count). The lowest BCUT2D eigenvalue weighted by Crippen LogP contribution is -2.31. The van der Waals surface area contributed by atoms with Crippen LogP contribution in [0.2, 0.25) is 0 Å². The zero-order chi connectivity index (χ0) is 11.1. The highest BCUT2D eigenvalue weighted by Crippen LogP contribution is 2.37. The van der Waals surface area contributed by atoms with Crippen LogP contribution in [0.4, 0.5) is 5.95 Å². The third-order valence-electron chi connectivity index (χ3n) is 3.13. The monoisotopic (exact) mass is 207 g/mol. The van der Waals surface area contributed by atoms with Crippen molar-refractivity contribution in [2.24, 2.45) is 0 Å². The van der Waals surface area contributed by atoms with Gasteiger partial charge in [-0.1, -0.05) is 6.92 Å². The minimum Gasteiger partial charge on any atom is -0.351 e. The van der Waals surface area contributed by atoms with Crippen molar-refractivity contribution in [3.8, 4) is 0 Å². The van der Waals surface area contributed by atoms with Gasteiger partial charge in [0, 0.05) is 17.8 Å². The summed E-state index contributed by atoms with van der Waals surface area (Å²) in [4.78, 5) is 4.56. The molecule has 1 saturated carbocycles. The molecule has 1 N–H and O–H groups in total. The van der Waals surface area contributed by atoms with Gasteiger partial charge in [-0.3, -0.25) is 0 Å². The Bertz CT molecular complexity index is 348. The number of nitrogens with zero attached hydrogens (tertiary/aromatic N) is 2. The Kier molecular flexibility index (Phi) is 2.49. The van der Waals surface area contributed by atoms with E-state index in [2.05, 4.69) is 48.8 Å². The fourth-order valence-corrected chi connectivity index (χ4v) is 1.63. The van der Waals surface area contributed by atoms with E-state index < -0.39 is 0 Å². The fourth-order valence-electron chi connectivity index (χ4n) is 1.63. The van der Waals surface area contributed by atoms with E-state index in [-0.39, 0.29) is 5.54 Å². The molecule has 3 heteroatoms. The first kappa shape index (κ1) is 10.5. The topological polar surface area (TPSA) is 29.9 Å². The zero-order valence-corrected chi connectivity index (χ0v) is 10.2. The van der Waals surface area contributed by atoms with Crippen LogP contribution in [0.5, 0.6) is 0 Å². The molecule has 1 aliphatic rings. The second-order valence-electron chi connectivity index (χ2n) is 5.21. The predicted molar refractivity (Wildman–Crippen MR) is 63.2 cm³/mol. The summed E-state index contributed by atoms with van der Waals surface area (Å²) < 4.78 is 2.30. The summed E-state index contributed by atoms with van der Waals surface area (Å²) >= 11 is 0. The first-order chi connectivity index (χ1) is 7.02. The first-order valence-electron chi connectivity index (χ1n) is 5.85. The normalized spacial score (nSPS) is 16.8. The van der Waals surface area contributed by atoms with Gasteiger partial charge in [0.05, 0.1) is 5.69 Å². The molecule has 1 fully saturated rings. The smallest absolute Gasteiger partial charge is 0.203 e. The van der Waals surface area contributed by atoms with Gasteiger partial charge in [0.1, 0.15) is 0 Å². The first-order valence-corrected chi connectivity index (χ1v) is 5.85. The number of aryl methyl sites for hydroxylation is 1. The fraction of sp³-hybridized carbons (Fsp3) is 0.750. The number of imidazole rings is 1. The zero-order valence-electron chi connectivity index (χ0n) is 10.2. The molecular formula is C12H21N3. The van der Waals surface area contributed by atoms with E-state index >= 15 is 0 Å². The van der Waals surface area contributed by atoms with Crippen molar-refractivity contribution in [2.75, 3.05) is 5.32 Å². The molecule has 1 heterocycles. The highest BCUT2D eigenvalue weighted by Gasteiger charge is 2.27. The molecule has 3 nitrogen and oxygen atoms in total. The lowest BCUT2D eigenvalue weighted by molar-refractivity contribution is 0.535. The number of nitrogens with one attached hydrogen (secondary N) is 1. The van der Waals surface area contributed by atoms with Gasteiger partial charge in [-0.2, -0.15) is 0 Å². The van der Waals surface area contributed by atoms with Gasteiger partial charge < -0.3 is 9.88 Å². The maximum absolute atomic E-state index is 4.56. The summed E-state index contributed by atoms with van der Waals surface area (Å²) in [5, 5.41) is 3.53. The van der Waals surface area contributed by atoms with Crippen molar-refractivity contribution in [1.29, 1.82) is 0 Å². The van der Waals surface area contributed by atoms with Crippen LogP contribution < -0.4 is 5.32 Å². The second kappa shape index (κ2) is 3.54. The Balaban J connectivity index is 2.19. The van der Waals surface area contributed by atoms with Crippen molar-refractivity contribution in [3.63, 3.8) is 0 Å². The van der Waals surface area contributed by atoms with E-state index in [4.69, 9.17) is 0 Å². The molecule has 1 aromatic rings. The van der Waals surface area contributed by atoms with Gasteiger partial charge in [-0.05, 0) is 40.0 Å². The summed E-state index contributed by atoms with van der Waals surface area (Å²) in [7, 11) is 0. The average molecular weight is 207 g/mol. The molecule has 1 aromatic heterocycles. The Morgan fingerprint density at radius 1 is 1.53 bits per heavy atom. The third-order valence-corrected chi connectivity index (χ3v) is 3.13. The Labute approximate surface area is 91.9 Å². The van der Waals surface area contributed by atoms with Crippen LogP contribution in [0, 0.1) is 6.92 Å². The molecule has 0 amide bonds. The Morgan fingerprint density at radius 3 is 2.73 bits per heavy atom. The molecule has 0 spiro atoms. The highest BCUT2D eigenvalue weighted by molar-refractivity contribution is 5.33. The van der Waals surface area contributed by atoms with Gasteiger partial charge in [0.15, 0.2) is 0 Å². The van der Waals surface area contributed by atoms with E-state index in [0.717, 1.165) is 18.1 Å². The predicted octanol–water partition coefficient (Wildman–Crippen LogP) is 3.13. The maximum Gasteiger partial charge on any atom is 0.203 e. The SMILES string of the molecule is CCC(C)(C)Nc1nc(C)cn1C1CC1. The molecule has 84 valence electrons. The van der Waals surface area contributed by atoms with Crippen molar-refractivity contribution >= 4 is 5.95 Å². The van der Waals surface area contributed by atoms with Gasteiger partial charge >= 0.3 is 0 Å². The van der Waals surface area contributed by atoms with E-state index in [1.54, 1.807) is 0 Å². The van der Waals surface area contributed by atoms with E-state index in [1.165, 1.54) is 12.8 Å². The molecule has 0 atom stereocenters. The number of rotatable bonds is 4. The van der Waals surface area contributed by atoms with E-state index in [9.17, 15) is 0 Å². The lowest BCUT2D eigenvalue weighted by atomic mass is 10.0. The van der Waals surface area contributed by atoms with Crippen LogP contribution in [0.15, 0.2) is 6.20 Å². The summed E-state index contributed by atoms with van der Waals surface area (Å²) in [5.41, 5.74) is 1.24. The Hall–Kier alpha value is -0.990. The van der Waals surface area contributed by atoms with Gasteiger partial charge in [0.2, 0.25) is 5.95 Å². The minimum absolute atomic E-state index is 0.129. The Morgan fingerprint density at radius 2 is 2.20 bits per heavy atom. The van der Waals surface area contributed by atoms with Gasteiger partial charge in [-0.15, -0.1) is 0 Å². The van der Waals surface area contributed by atoms with Crippen LogP contribution in [0.25, 0.3) is 0 Å². The van der Waals surface area contributed by atoms with Crippen molar-refractivity contribution < 1.29 is 0 Å². The molecule has 1 aliphatic carbocycles. The summed E-state index contributed by atoms with van der Waals surface area (Å²) in [5.74, 6) is 1.04. The minimum atomic E-state index is 0.129.